The lowest BCUT2D eigenvalue weighted by Gasteiger charge is -2.17. The Hall–Kier alpha value is -1.73. The summed E-state index contributed by atoms with van der Waals surface area (Å²) >= 11 is 1.62. The van der Waals surface area contributed by atoms with Gasteiger partial charge in [-0.1, -0.05) is 11.8 Å². The lowest BCUT2D eigenvalue weighted by atomic mass is 10.3. The predicted molar refractivity (Wildman–Crippen MR) is 86.8 cm³/mol. The van der Waals surface area contributed by atoms with E-state index in [2.05, 4.69) is 20.6 Å². The minimum Gasteiger partial charge on any atom is -0.494 e. The Labute approximate surface area is 133 Å². The number of aromatic nitrogens is 3. The normalized spacial score (nSPS) is 15.0. The molecule has 0 saturated heterocycles. The van der Waals surface area contributed by atoms with Crippen molar-refractivity contribution in [1.82, 2.24) is 14.9 Å². The molecule has 0 atom stereocenters. The van der Waals surface area contributed by atoms with Crippen molar-refractivity contribution in [2.24, 2.45) is 4.99 Å². The first kappa shape index (κ1) is 15.7. The summed E-state index contributed by atoms with van der Waals surface area (Å²) in [4.78, 5) is 4.59. The monoisotopic (exact) mass is 325 g/mol. The van der Waals surface area contributed by atoms with Crippen LogP contribution in [0.15, 0.2) is 34.4 Å². The van der Waals surface area contributed by atoms with E-state index in [1.54, 1.807) is 11.8 Å². The molecule has 2 aromatic rings. The first-order chi connectivity index (χ1) is 9.76. The van der Waals surface area contributed by atoms with Crippen molar-refractivity contribution >= 4 is 35.7 Å². The van der Waals surface area contributed by atoms with Crippen molar-refractivity contribution in [3.05, 3.63) is 30.1 Å². The Bertz CT molecular complexity index is 641. The van der Waals surface area contributed by atoms with E-state index < -0.39 is 0 Å². The summed E-state index contributed by atoms with van der Waals surface area (Å²) in [5, 5.41) is 8.97. The molecular weight excluding hydrogens is 310 g/mol. The molecule has 0 fully saturated rings. The van der Waals surface area contributed by atoms with Gasteiger partial charge in [-0.05, 0) is 38.1 Å². The van der Waals surface area contributed by atoms with Crippen LogP contribution in [0.25, 0.3) is 0 Å². The quantitative estimate of drug-likeness (QED) is 0.940. The van der Waals surface area contributed by atoms with Crippen molar-refractivity contribution in [3.63, 3.8) is 0 Å². The van der Waals surface area contributed by atoms with E-state index in [0.29, 0.717) is 6.61 Å². The van der Waals surface area contributed by atoms with Crippen molar-refractivity contribution in [3.8, 4) is 5.75 Å². The number of aliphatic imine (C=N–C) groups is 1. The molecule has 1 aromatic heterocycles. The average molecular weight is 326 g/mol. The average Bonchev–Trinajstić information content (AvgIpc) is 2.83. The fourth-order valence-electron chi connectivity index (χ4n) is 1.86. The standard InChI is InChI=1S/C13H15N5OS.ClH/c1-3-19-11-6-4-10(5-7-11)14-12-8-20-13-16-15-9(2)18(13)17-12;/h4-7H,3,8H2,1-2H3,(H,14,17);1H. The van der Waals surface area contributed by atoms with E-state index in [9.17, 15) is 0 Å². The van der Waals surface area contributed by atoms with E-state index in [0.717, 1.165) is 34.0 Å². The number of hydrogen-bond donors (Lipinski definition) is 1. The molecule has 21 heavy (non-hydrogen) atoms. The summed E-state index contributed by atoms with van der Waals surface area (Å²) in [7, 11) is 0. The van der Waals surface area contributed by atoms with Gasteiger partial charge in [0.25, 0.3) is 0 Å². The van der Waals surface area contributed by atoms with Gasteiger partial charge in [0.1, 0.15) is 17.4 Å². The molecular formula is C13H16ClN5OS. The Kier molecular flexibility index (Phi) is 5.08. The number of aryl methyl sites for hydroxylation is 1. The highest BCUT2D eigenvalue weighted by Crippen LogP contribution is 2.23. The molecule has 1 N–H and O–H groups in total. The summed E-state index contributed by atoms with van der Waals surface area (Å²) in [5.41, 5.74) is 4.12. The number of fused-ring (bicyclic) bond motifs is 1. The largest absolute Gasteiger partial charge is 0.494 e. The highest BCUT2D eigenvalue weighted by molar-refractivity contribution is 7.99. The van der Waals surface area contributed by atoms with Crippen LogP contribution in [0.4, 0.5) is 5.69 Å². The summed E-state index contributed by atoms with van der Waals surface area (Å²) in [6.07, 6.45) is 0. The van der Waals surface area contributed by atoms with E-state index in [1.807, 2.05) is 42.8 Å². The van der Waals surface area contributed by atoms with Gasteiger partial charge in [-0.3, -0.25) is 5.43 Å². The number of ether oxygens (including phenoxy) is 1. The molecule has 8 heteroatoms. The molecule has 1 aliphatic heterocycles. The second-order valence-electron chi connectivity index (χ2n) is 4.25. The van der Waals surface area contributed by atoms with Crippen molar-refractivity contribution in [1.29, 1.82) is 0 Å². The molecule has 1 aromatic carbocycles. The van der Waals surface area contributed by atoms with E-state index in [1.165, 1.54) is 0 Å². The third-order valence-electron chi connectivity index (χ3n) is 2.79. The number of nitrogens with one attached hydrogen (secondary N) is 1. The Morgan fingerprint density at radius 3 is 2.81 bits per heavy atom. The maximum Gasteiger partial charge on any atom is 0.210 e. The van der Waals surface area contributed by atoms with Crippen LogP contribution in [0.2, 0.25) is 0 Å². The SMILES string of the molecule is CCOc1ccc(N=C2CSc3nnc(C)n3N2)cc1.Cl. The smallest absolute Gasteiger partial charge is 0.210 e. The predicted octanol–water partition coefficient (Wildman–Crippen LogP) is 2.79. The molecule has 0 aliphatic carbocycles. The van der Waals surface area contributed by atoms with Crippen LogP contribution in [0.1, 0.15) is 12.7 Å². The lowest BCUT2D eigenvalue weighted by molar-refractivity contribution is 0.340. The van der Waals surface area contributed by atoms with Crippen molar-refractivity contribution < 1.29 is 4.74 Å². The zero-order valence-corrected chi connectivity index (χ0v) is 13.4. The molecule has 0 radical (unpaired) electrons. The van der Waals surface area contributed by atoms with E-state index in [-0.39, 0.29) is 12.4 Å². The molecule has 0 saturated carbocycles. The van der Waals surface area contributed by atoms with Gasteiger partial charge in [-0.25, -0.2) is 9.67 Å². The van der Waals surface area contributed by atoms with Crippen LogP contribution in [0.3, 0.4) is 0 Å². The molecule has 0 amide bonds. The maximum absolute atomic E-state index is 5.41. The third kappa shape index (κ3) is 3.48. The Morgan fingerprint density at radius 1 is 1.33 bits per heavy atom. The Morgan fingerprint density at radius 2 is 2.10 bits per heavy atom. The molecule has 0 spiro atoms. The van der Waals surface area contributed by atoms with E-state index in [4.69, 9.17) is 4.74 Å². The topological polar surface area (TPSA) is 64.3 Å². The van der Waals surface area contributed by atoms with Crippen LogP contribution >= 0.6 is 24.2 Å². The number of nitrogens with zero attached hydrogens (tertiary/aromatic N) is 4. The fourth-order valence-corrected chi connectivity index (χ4v) is 2.66. The molecule has 3 rings (SSSR count). The van der Waals surface area contributed by atoms with Crippen LogP contribution in [0, 0.1) is 6.92 Å². The molecule has 1 aliphatic rings. The summed E-state index contributed by atoms with van der Waals surface area (Å²) in [6.45, 7) is 4.54. The van der Waals surface area contributed by atoms with Crippen molar-refractivity contribution in [2.45, 2.75) is 19.0 Å². The van der Waals surface area contributed by atoms with Crippen LogP contribution in [0.5, 0.6) is 5.75 Å². The van der Waals surface area contributed by atoms with Gasteiger partial charge < -0.3 is 4.74 Å². The number of halogens is 1. The number of thioether (sulfide) groups is 1. The number of hydrogen-bond acceptors (Lipinski definition) is 5. The molecule has 6 nitrogen and oxygen atoms in total. The number of amidine groups is 1. The number of benzene rings is 1. The van der Waals surface area contributed by atoms with Crippen molar-refractivity contribution in [2.75, 3.05) is 17.8 Å². The molecule has 0 unspecified atom stereocenters. The van der Waals surface area contributed by atoms with Gasteiger partial charge in [0.15, 0.2) is 0 Å². The molecule has 2 heterocycles. The van der Waals surface area contributed by atoms with Gasteiger partial charge in [-0.2, -0.15) is 0 Å². The summed E-state index contributed by atoms with van der Waals surface area (Å²) < 4.78 is 7.26. The van der Waals surface area contributed by atoms with Gasteiger partial charge in [-0.15, -0.1) is 22.6 Å². The minimum absolute atomic E-state index is 0. The van der Waals surface area contributed by atoms with Gasteiger partial charge in [0.2, 0.25) is 5.16 Å². The van der Waals surface area contributed by atoms with Crippen LogP contribution < -0.4 is 10.2 Å². The third-order valence-corrected chi connectivity index (χ3v) is 3.73. The highest BCUT2D eigenvalue weighted by Gasteiger charge is 2.17. The van der Waals surface area contributed by atoms with Gasteiger partial charge in [0, 0.05) is 0 Å². The fraction of sp³-hybridized carbons (Fsp3) is 0.308. The Balaban J connectivity index is 0.00000161. The first-order valence-electron chi connectivity index (χ1n) is 6.38. The minimum atomic E-state index is 0. The first-order valence-corrected chi connectivity index (χ1v) is 7.37. The van der Waals surface area contributed by atoms with Gasteiger partial charge >= 0.3 is 0 Å². The van der Waals surface area contributed by atoms with Crippen LogP contribution in [-0.2, 0) is 0 Å². The molecule has 112 valence electrons. The molecule has 0 bridgehead atoms. The number of rotatable bonds is 3. The van der Waals surface area contributed by atoms with Gasteiger partial charge in [0.05, 0.1) is 18.0 Å². The van der Waals surface area contributed by atoms with E-state index >= 15 is 0 Å². The maximum atomic E-state index is 5.41. The van der Waals surface area contributed by atoms with Crippen LogP contribution in [-0.4, -0.2) is 33.1 Å². The second kappa shape index (κ2) is 6.82. The summed E-state index contributed by atoms with van der Waals surface area (Å²) in [6, 6.07) is 7.74. The lowest BCUT2D eigenvalue weighted by Crippen LogP contribution is -2.30. The second-order valence-corrected chi connectivity index (χ2v) is 5.19. The zero-order chi connectivity index (χ0) is 13.9. The summed E-state index contributed by atoms with van der Waals surface area (Å²) in [5.74, 6) is 3.33. The highest BCUT2D eigenvalue weighted by atomic mass is 35.5. The zero-order valence-electron chi connectivity index (χ0n) is 11.7.